The molecule has 0 amide bonds. The summed E-state index contributed by atoms with van der Waals surface area (Å²) < 4.78 is 24.8. The Bertz CT molecular complexity index is 1470. The number of esters is 1. The van der Waals surface area contributed by atoms with Crippen molar-refractivity contribution in [1.29, 1.82) is 0 Å². The van der Waals surface area contributed by atoms with Crippen LogP contribution in [0.15, 0.2) is 78.9 Å². The van der Waals surface area contributed by atoms with E-state index in [1.807, 2.05) is 24.3 Å². The number of nitrogens with zero attached hydrogens (tertiary/aromatic N) is 2. The van der Waals surface area contributed by atoms with Crippen molar-refractivity contribution in [2.24, 2.45) is 11.8 Å². The number of likely N-dealkylation sites (tertiary alicyclic amines) is 2. The third kappa shape index (κ3) is 8.18. The van der Waals surface area contributed by atoms with Gasteiger partial charge in [-0.25, -0.2) is 4.39 Å². The number of hydrogen-bond donors (Lipinski definition) is 0. The molecule has 6 nitrogen and oxygen atoms in total. The van der Waals surface area contributed by atoms with Crippen LogP contribution in [0.25, 0.3) is 0 Å². The van der Waals surface area contributed by atoms with Gasteiger partial charge in [-0.1, -0.05) is 61.7 Å². The molecule has 256 valence electrons. The highest BCUT2D eigenvalue weighted by Gasteiger charge is 2.49. The van der Waals surface area contributed by atoms with E-state index in [1.54, 1.807) is 19.2 Å². The molecule has 3 aromatic carbocycles. The van der Waals surface area contributed by atoms with Gasteiger partial charge in [-0.2, -0.15) is 0 Å². The fourth-order valence-corrected chi connectivity index (χ4v) is 8.63. The van der Waals surface area contributed by atoms with Crippen LogP contribution in [0.5, 0.6) is 5.75 Å². The van der Waals surface area contributed by atoms with Gasteiger partial charge in [0.1, 0.15) is 24.2 Å². The molecule has 3 aromatic rings. The SMILES string of the molecule is COc1ccc(COC(=O)[C@@H](C2CCCCC2)N2CC(c3ccccc3)C(N3CCC(CCC(=O)c4ccc(F)cc4)CC3)C2C)cc1. The van der Waals surface area contributed by atoms with Crippen LogP contribution in [-0.2, 0) is 16.1 Å². The molecule has 48 heavy (non-hydrogen) atoms. The molecule has 2 heterocycles. The van der Waals surface area contributed by atoms with Crippen molar-refractivity contribution in [3.63, 3.8) is 0 Å². The van der Waals surface area contributed by atoms with Gasteiger partial charge in [-0.05, 0) is 111 Å². The molecule has 2 saturated heterocycles. The largest absolute Gasteiger partial charge is 0.497 e. The molecule has 7 heteroatoms. The zero-order valence-corrected chi connectivity index (χ0v) is 28.6. The van der Waals surface area contributed by atoms with Crippen LogP contribution in [-0.4, -0.2) is 66.4 Å². The summed E-state index contributed by atoms with van der Waals surface area (Å²) in [5.74, 6) is 1.55. The van der Waals surface area contributed by atoms with E-state index in [2.05, 4.69) is 47.1 Å². The molecule has 1 saturated carbocycles. The first-order valence-electron chi connectivity index (χ1n) is 18.0. The maximum atomic E-state index is 14.1. The lowest BCUT2D eigenvalue weighted by Crippen LogP contribution is -2.53. The second kappa shape index (κ2) is 16.2. The number of rotatable bonds is 12. The summed E-state index contributed by atoms with van der Waals surface area (Å²) in [4.78, 5) is 32.1. The van der Waals surface area contributed by atoms with Crippen molar-refractivity contribution >= 4 is 11.8 Å². The Morgan fingerprint density at radius 1 is 0.875 bits per heavy atom. The zero-order valence-electron chi connectivity index (χ0n) is 28.6. The van der Waals surface area contributed by atoms with E-state index in [1.165, 1.54) is 24.1 Å². The van der Waals surface area contributed by atoms with Crippen LogP contribution >= 0.6 is 0 Å². The average Bonchev–Trinajstić information content (AvgIpc) is 3.47. The Hall–Kier alpha value is -3.55. The van der Waals surface area contributed by atoms with Gasteiger partial charge in [0.05, 0.1) is 7.11 Å². The first-order chi connectivity index (χ1) is 23.4. The molecule has 2 aliphatic heterocycles. The first-order valence-corrected chi connectivity index (χ1v) is 18.0. The Kier molecular flexibility index (Phi) is 11.6. The predicted molar refractivity (Wildman–Crippen MR) is 187 cm³/mol. The van der Waals surface area contributed by atoms with Crippen LogP contribution in [0.2, 0.25) is 0 Å². The van der Waals surface area contributed by atoms with E-state index >= 15 is 0 Å². The lowest BCUT2D eigenvalue weighted by molar-refractivity contribution is -0.155. The summed E-state index contributed by atoms with van der Waals surface area (Å²) in [6, 6.07) is 24.7. The maximum Gasteiger partial charge on any atom is 0.323 e. The number of ketones is 1. The molecule has 0 N–H and O–H groups in total. The normalized spacial score (nSPS) is 23.5. The topological polar surface area (TPSA) is 59.1 Å². The monoisotopic (exact) mass is 654 g/mol. The number of carbonyl (C=O) groups excluding carboxylic acids is 2. The second-order valence-corrected chi connectivity index (χ2v) is 14.2. The van der Waals surface area contributed by atoms with Crippen molar-refractivity contribution < 1.29 is 23.5 Å². The number of piperidine rings is 1. The summed E-state index contributed by atoms with van der Waals surface area (Å²) in [6.45, 7) is 5.39. The fraction of sp³-hybridized carbons (Fsp3) is 0.512. The molecule has 3 unspecified atom stereocenters. The van der Waals surface area contributed by atoms with E-state index in [0.717, 1.165) is 75.9 Å². The molecule has 0 spiro atoms. The summed E-state index contributed by atoms with van der Waals surface area (Å²) in [5, 5.41) is 0. The number of methoxy groups -OCH3 is 1. The molecule has 6 rings (SSSR count). The van der Waals surface area contributed by atoms with Gasteiger partial charge >= 0.3 is 5.97 Å². The van der Waals surface area contributed by atoms with Crippen LogP contribution in [0.3, 0.4) is 0 Å². The van der Waals surface area contributed by atoms with Gasteiger partial charge < -0.3 is 9.47 Å². The average molecular weight is 655 g/mol. The standard InChI is InChI=1S/C41H51FN2O4/c1-29-39(43-25-23-30(24-26-43)15-22-38(45)33-16-18-35(42)19-17-33)37(32-9-5-3-6-10-32)27-44(29)40(34-11-7-4-8-12-34)41(46)48-28-31-13-20-36(47-2)21-14-31/h3,5-6,9-10,13-14,16-21,29-30,34,37,39-40H,4,7-8,11-12,15,22-28H2,1-2H3/t29?,37?,39?,40-/m1/s1. The molecule has 3 aliphatic rings. The highest BCUT2D eigenvalue weighted by molar-refractivity contribution is 5.95. The minimum absolute atomic E-state index is 0.0919. The van der Waals surface area contributed by atoms with E-state index in [-0.39, 0.29) is 42.3 Å². The molecule has 0 radical (unpaired) electrons. The number of Topliss-reactive ketones (excluding diaryl/α,β-unsaturated/α-hetero) is 1. The molecule has 0 aromatic heterocycles. The fourth-order valence-electron chi connectivity index (χ4n) is 8.63. The van der Waals surface area contributed by atoms with Crippen molar-refractivity contribution in [3.05, 3.63) is 101 Å². The quantitative estimate of drug-likeness (QED) is 0.146. The van der Waals surface area contributed by atoms with E-state index in [9.17, 15) is 14.0 Å². The summed E-state index contributed by atoms with van der Waals surface area (Å²) >= 11 is 0. The van der Waals surface area contributed by atoms with E-state index < -0.39 is 0 Å². The van der Waals surface area contributed by atoms with Gasteiger partial charge in [0.2, 0.25) is 0 Å². The van der Waals surface area contributed by atoms with Crippen molar-refractivity contribution in [3.8, 4) is 5.75 Å². The van der Waals surface area contributed by atoms with Crippen molar-refractivity contribution in [2.75, 3.05) is 26.7 Å². The number of hydrogen-bond acceptors (Lipinski definition) is 6. The van der Waals surface area contributed by atoms with Gasteiger partial charge in [-0.15, -0.1) is 0 Å². The minimum atomic E-state index is -0.317. The van der Waals surface area contributed by atoms with E-state index in [4.69, 9.17) is 9.47 Å². The summed E-state index contributed by atoms with van der Waals surface area (Å²) in [7, 11) is 1.65. The molecule has 3 fully saturated rings. The lowest BCUT2D eigenvalue weighted by atomic mass is 9.83. The molecule has 0 bridgehead atoms. The Morgan fingerprint density at radius 3 is 2.23 bits per heavy atom. The van der Waals surface area contributed by atoms with Crippen LogP contribution in [0, 0.1) is 17.7 Å². The van der Waals surface area contributed by atoms with Gasteiger partial charge in [0.25, 0.3) is 0 Å². The first kappa shape index (κ1) is 34.3. The van der Waals surface area contributed by atoms with Crippen LogP contribution in [0.1, 0.15) is 92.1 Å². The van der Waals surface area contributed by atoms with Gasteiger partial charge in [-0.3, -0.25) is 19.4 Å². The van der Waals surface area contributed by atoms with Gasteiger partial charge in [0.15, 0.2) is 5.78 Å². The smallest absolute Gasteiger partial charge is 0.323 e. The summed E-state index contributed by atoms with van der Waals surface area (Å²) in [6.07, 6.45) is 9.16. The number of carbonyl (C=O) groups is 2. The molecule has 4 atom stereocenters. The molecular weight excluding hydrogens is 603 g/mol. The van der Waals surface area contributed by atoms with Crippen molar-refractivity contribution in [1.82, 2.24) is 9.80 Å². The third-order valence-corrected chi connectivity index (χ3v) is 11.3. The Labute approximate surface area is 285 Å². The number of halogens is 1. The van der Waals surface area contributed by atoms with Crippen molar-refractivity contribution in [2.45, 2.75) is 95.4 Å². The van der Waals surface area contributed by atoms with E-state index in [0.29, 0.717) is 29.7 Å². The Balaban J connectivity index is 1.15. The highest BCUT2D eigenvalue weighted by atomic mass is 19.1. The molecule has 1 aliphatic carbocycles. The summed E-state index contributed by atoms with van der Waals surface area (Å²) in [5.41, 5.74) is 2.88. The molecular formula is C41H51FN2O4. The van der Waals surface area contributed by atoms with Crippen LogP contribution in [0.4, 0.5) is 4.39 Å². The third-order valence-electron chi connectivity index (χ3n) is 11.3. The van der Waals surface area contributed by atoms with Gasteiger partial charge in [0, 0.05) is 36.5 Å². The minimum Gasteiger partial charge on any atom is -0.497 e. The maximum absolute atomic E-state index is 14.1. The highest BCUT2D eigenvalue weighted by Crippen LogP contribution is 2.42. The predicted octanol–water partition coefficient (Wildman–Crippen LogP) is 8.06. The zero-order chi connectivity index (χ0) is 33.5. The number of benzene rings is 3. The Morgan fingerprint density at radius 2 is 1.56 bits per heavy atom. The second-order valence-electron chi connectivity index (χ2n) is 14.2. The van der Waals surface area contributed by atoms with Crippen LogP contribution < -0.4 is 4.74 Å². The number of ether oxygens (including phenoxy) is 2. The lowest BCUT2D eigenvalue weighted by Gasteiger charge is -2.42.